The Morgan fingerprint density at radius 2 is 1.97 bits per heavy atom. The maximum Gasteiger partial charge on any atom is 0.274 e. The Hall–Kier alpha value is -2.41. The van der Waals surface area contributed by atoms with Gasteiger partial charge in [-0.05, 0) is 51.8 Å². The van der Waals surface area contributed by atoms with Gasteiger partial charge >= 0.3 is 0 Å². The summed E-state index contributed by atoms with van der Waals surface area (Å²) in [6, 6.07) is 4.45. The van der Waals surface area contributed by atoms with Crippen molar-refractivity contribution < 1.29 is 4.79 Å². The Kier molecular flexibility index (Phi) is 4.78. The van der Waals surface area contributed by atoms with Gasteiger partial charge in [-0.1, -0.05) is 0 Å². The molecular formula is C22H30N6O. The molecule has 4 heterocycles. The van der Waals surface area contributed by atoms with Crippen molar-refractivity contribution in [1.82, 2.24) is 25.0 Å². The summed E-state index contributed by atoms with van der Waals surface area (Å²) in [4.78, 5) is 24.7. The zero-order chi connectivity index (χ0) is 20.0. The van der Waals surface area contributed by atoms with Gasteiger partial charge < -0.3 is 14.7 Å². The summed E-state index contributed by atoms with van der Waals surface area (Å²) < 4.78 is 0. The number of hydrogen-bond acceptors (Lipinski definition) is 5. The van der Waals surface area contributed by atoms with Gasteiger partial charge in [0.05, 0.1) is 0 Å². The summed E-state index contributed by atoms with van der Waals surface area (Å²) in [5, 5.41) is 7.40. The standard InChI is InChI=1S/C22H30N6O/c1-15-12-17(27-10-8-26(2)9-11-27)13-20(23-15)16-6-7-28(14-16)22(29)21-18-4-3-5-19(18)24-25-21/h12-13,16H,3-11,14H2,1-2H3,(H,24,25). The molecule has 1 aliphatic carbocycles. The van der Waals surface area contributed by atoms with Gasteiger partial charge in [0.2, 0.25) is 0 Å². The smallest absolute Gasteiger partial charge is 0.274 e. The Morgan fingerprint density at radius 1 is 1.14 bits per heavy atom. The van der Waals surface area contributed by atoms with E-state index < -0.39 is 0 Å². The molecule has 0 radical (unpaired) electrons. The average Bonchev–Trinajstić information content (AvgIpc) is 3.44. The number of H-pyrrole nitrogens is 1. The van der Waals surface area contributed by atoms with Crippen molar-refractivity contribution in [3.8, 4) is 0 Å². The zero-order valence-corrected chi connectivity index (χ0v) is 17.4. The fourth-order valence-electron chi connectivity index (χ4n) is 4.96. The third kappa shape index (κ3) is 3.52. The van der Waals surface area contributed by atoms with E-state index in [4.69, 9.17) is 4.98 Å². The molecule has 1 amide bonds. The van der Waals surface area contributed by atoms with Gasteiger partial charge in [0.1, 0.15) is 0 Å². The number of aryl methyl sites for hydroxylation is 2. The lowest BCUT2D eigenvalue weighted by Gasteiger charge is -2.34. The Balaban J connectivity index is 1.31. The Morgan fingerprint density at radius 3 is 2.79 bits per heavy atom. The van der Waals surface area contributed by atoms with E-state index in [1.54, 1.807) is 0 Å². The van der Waals surface area contributed by atoms with Crippen molar-refractivity contribution in [1.29, 1.82) is 0 Å². The molecule has 2 saturated heterocycles. The summed E-state index contributed by atoms with van der Waals surface area (Å²) >= 11 is 0. The molecule has 7 nitrogen and oxygen atoms in total. The highest BCUT2D eigenvalue weighted by Crippen LogP contribution is 2.31. The highest BCUT2D eigenvalue weighted by atomic mass is 16.2. The molecule has 0 aromatic carbocycles. The highest BCUT2D eigenvalue weighted by molar-refractivity contribution is 5.94. The molecular weight excluding hydrogens is 364 g/mol. The van der Waals surface area contributed by atoms with Crippen LogP contribution >= 0.6 is 0 Å². The maximum absolute atomic E-state index is 13.1. The molecule has 2 fully saturated rings. The fraction of sp³-hybridized carbons (Fsp3) is 0.591. The van der Waals surface area contributed by atoms with Crippen LogP contribution in [0.5, 0.6) is 0 Å². The molecule has 2 aromatic heterocycles. The largest absolute Gasteiger partial charge is 0.369 e. The van der Waals surface area contributed by atoms with Gasteiger partial charge in [-0.3, -0.25) is 14.9 Å². The van der Waals surface area contributed by atoms with E-state index >= 15 is 0 Å². The number of aromatic nitrogens is 3. The molecule has 7 heteroatoms. The molecule has 3 aliphatic rings. The number of rotatable bonds is 3. The molecule has 1 N–H and O–H groups in total. The minimum atomic E-state index is 0.0823. The molecule has 1 unspecified atom stereocenters. The Labute approximate surface area is 172 Å². The number of anilines is 1. The van der Waals surface area contributed by atoms with E-state index in [0.717, 1.165) is 87.6 Å². The van der Waals surface area contributed by atoms with Gasteiger partial charge in [-0.15, -0.1) is 0 Å². The van der Waals surface area contributed by atoms with E-state index in [1.807, 2.05) is 4.90 Å². The average molecular weight is 395 g/mol. The highest BCUT2D eigenvalue weighted by Gasteiger charge is 2.33. The second-order valence-corrected chi connectivity index (χ2v) is 8.80. The number of hydrogen-bond donors (Lipinski definition) is 1. The normalized spacial score (nSPS) is 22.3. The maximum atomic E-state index is 13.1. The van der Waals surface area contributed by atoms with Gasteiger partial charge in [-0.25, -0.2) is 0 Å². The van der Waals surface area contributed by atoms with Crippen LogP contribution < -0.4 is 4.90 Å². The number of carbonyl (C=O) groups excluding carboxylic acids is 1. The van der Waals surface area contributed by atoms with Crippen molar-refractivity contribution in [2.45, 2.75) is 38.5 Å². The van der Waals surface area contributed by atoms with Crippen molar-refractivity contribution in [3.05, 3.63) is 40.5 Å². The number of carbonyl (C=O) groups is 1. The first-order valence-corrected chi connectivity index (χ1v) is 10.9. The van der Waals surface area contributed by atoms with E-state index in [1.165, 1.54) is 5.69 Å². The summed E-state index contributed by atoms with van der Waals surface area (Å²) in [7, 11) is 2.18. The summed E-state index contributed by atoms with van der Waals surface area (Å²) in [5.41, 5.74) is 6.41. The van der Waals surface area contributed by atoms with E-state index in [2.05, 4.69) is 46.1 Å². The van der Waals surface area contributed by atoms with Gasteiger partial charge in [0.25, 0.3) is 5.91 Å². The second-order valence-electron chi connectivity index (χ2n) is 8.80. The number of nitrogens with zero attached hydrogens (tertiary/aromatic N) is 5. The molecule has 29 heavy (non-hydrogen) atoms. The van der Waals surface area contributed by atoms with Gasteiger partial charge in [-0.2, -0.15) is 5.10 Å². The van der Waals surface area contributed by atoms with E-state index in [-0.39, 0.29) is 5.91 Å². The van der Waals surface area contributed by atoms with E-state index in [9.17, 15) is 4.79 Å². The lowest BCUT2D eigenvalue weighted by atomic mass is 10.0. The topological polar surface area (TPSA) is 68.4 Å². The number of nitrogens with one attached hydrogen (secondary N) is 1. The summed E-state index contributed by atoms with van der Waals surface area (Å²) in [6.45, 7) is 7.89. The third-order valence-electron chi connectivity index (χ3n) is 6.73. The minimum absolute atomic E-state index is 0.0823. The summed E-state index contributed by atoms with van der Waals surface area (Å²) in [5.74, 6) is 0.385. The molecule has 154 valence electrons. The lowest BCUT2D eigenvalue weighted by molar-refractivity contribution is 0.0784. The van der Waals surface area contributed by atoms with Crippen LogP contribution in [0.2, 0.25) is 0 Å². The quantitative estimate of drug-likeness (QED) is 0.862. The zero-order valence-electron chi connectivity index (χ0n) is 17.4. The third-order valence-corrected chi connectivity index (χ3v) is 6.73. The number of pyridine rings is 1. The van der Waals surface area contributed by atoms with Crippen LogP contribution in [-0.2, 0) is 12.8 Å². The monoisotopic (exact) mass is 394 g/mol. The van der Waals surface area contributed by atoms with Gasteiger partial charge in [0.15, 0.2) is 5.69 Å². The molecule has 5 rings (SSSR count). The van der Waals surface area contributed by atoms with Crippen LogP contribution in [0.1, 0.15) is 51.9 Å². The first-order chi connectivity index (χ1) is 14.1. The molecule has 1 atom stereocenters. The molecule has 0 spiro atoms. The molecule has 2 aromatic rings. The minimum Gasteiger partial charge on any atom is -0.369 e. The molecule has 2 aliphatic heterocycles. The number of amides is 1. The number of piperazine rings is 1. The van der Waals surface area contributed by atoms with Crippen LogP contribution in [0.25, 0.3) is 0 Å². The number of likely N-dealkylation sites (tertiary alicyclic amines) is 1. The first kappa shape index (κ1) is 18.6. The van der Waals surface area contributed by atoms with Crippen LogP contribution in [0.4, 0.5) is 5.69 Å². The number of aromatic amines is 1. The second kappa shape index (κ2) is 7.44. The first-order valence-electron chi connectivity index (χ1n) is 10.9. The summed E-state index contributed by atoms with van der Waals surface area (Å²) in [6.07, 6.45) is 4.07. The van der Waals surface area contributed by atoms with Crippen LogP contribution in [0.3, 0.4) is 0 Å². The van der Waals surface area contributed by atoms with Crippen molar-refractivity contribution in [2.24, 2.45) is 0 Å². The lowest BCUT2D eigenvalue weighted by Crippen LogP contribution is -2.44. The predicted molar refractivity (Wildman–Crippen MR) is 113 cm³/mol. The van der Waals surface area contributed by atoms with Crippen LogP contribution in [-0.4, -0.2) is 77.2 Å². The SMILES string of the molecule is Cc1cc(N2CCN(C)CC2)cc(C2CCN(C(=O)c3n[nH]c4c3CCC4)C2)n1. The molecule has 0 bridgehead atoms. The predicted octanol–water partition coefficient (Wildman–Crippen LogP) is 1.98. The van der Waals surface area contributed by atoms with Crippen molar-refractivity contribution in [3.63, 3.8) is 0 Å². The Bertz CT molecular complexity index is 914. The van der Waals surface area contributed by atoms with Crippen molar-refractivity contribution >= 4 is 11.6 Å². The van der Waals surface area contributed by atoms with E-state index in [0.29, 0.717) is 11.6 Å². The number of likely N-dealkylation sites (N-methyl/N-ethyl adjacent to an activating group) is 1. The van der Waals surface area contributed by atoms with Crippen LogP contribution in [0.15, 0.2) is 12.1 Å². The molecule has 0 saturated carbocycles. The van der Waals surface area contributed by atoms with Gasteiger partial charge in [0, 0.05) is 73.5 Å². The van der Waals surface area contributed by atoms with Crippen LogP contribution in [0, 0.1) is 6.92 Å². The fourth-order valence-corrected chi connectivity index (χ4v) is 4.96. The number of fused-ring (bicyclic) bond motifs is 1. The van der Waals surface area contributed by atoms with Crippen molar-refractivity contribution in [2.75, 3.05) is 51.2 Å².